The molecule has 0 spiro atoms. The summed E-state index contributed by atoms with van der Waals surface area (Å²) in [6.07, 6.45) is -1.74. The second kappa shape index (κ2) is 13.8. The summed E-state index contributed by atoms with van der Waals surface area (Å²) in [6.45, 7) is 3.38. The SMILES string of the molecule is CCCCNC(=O)[C@H](CC)N(CCc1ccccc1)C(=O)CN(c1cc(C(F)(F)F)ccc1Cl)S(C)(=O)=O. The van der Waals surface area contributed by atoms with E-state index in [1.165, 1.54) is 4.90 Å². The second-order valence-electron chi connectivity index (χ2n) is 8.82. The van der Waals surface area contributed by atoms with Crippen LogP contribution in [0.2, 0.25) is 5.02 Å². The lowest BCUT2D eigenvalue weighted by molar-refractivity contribution is -0.139. The maximum absolute atomic E-state index is 13.6. The Labute approximate surface area is 227 Å². The number of hydrogen-bond acceptors (Lipinski definition) is 4. The smallest absolute Gasteiger partial charge is 0.354 e. The van der Waals surface area contributed by atoms with Crippen LogP contribution in [0, 0.1) is 0 Å². The summed E-state index contributed by atoms with van der Waals surface area (Å²) >= 11 is 6.10. The number of sulfonamides is 1. The standard InChI is InChI=1S/C26H33ClF3N3O4S/c1-4-6-15-31-25(35)22(5-2)32(16-14-19-10-8-7-9-11-19)24(34)18-33(38(3,36)37)23-17-20(26(28,29)30)12-13-21(23)27/h7-13,17,22H,4-6,14-16,18H2,1-3H3,(H,31,35)/t22-/m0/s1. The summed E-state index contributed by atoms with van der Waals surface area (Å²) in [5.74, 6) is -1.12. The molecule has 0 aliphatic heterocycles. The molecule has 0 aromatic heterocycles. The number of rotatable bonds is 13. The van der Waals surface area contributed by atoms with E-state index in [0.29, 0.717) is 23.3 Å². The second-order valence-corrected chi connectivity index (χ2v) is 11.1. The number of carbonyl (C=O) groups excluding carboxylic acids is 2. The molecule has 2 rings (SSSR count). The van der Waals surface area contributed by atoms with E-state index >= 15 is 0 Å². The Bertz CT molecular complexity index is 1190. The van der Waals surface area contributed by atoms with E-state index < -0.39 is 45.9 Å². The normalized spacial score (nSPS) is 12.6. The molecule has 12 heteroatoms. The van der Waals surface area contributed by atoms with Gasteiger partial charge in [-0.15, -0.1) is 0 Å². The molecule has 0 aliphatic rings. The van der Waals surface area contributed by atoms with Gasteiger partial charge in [0.25, 0.3) is 0 Å². The molecule has 0 fully saturated rings. The first-order valence-electron chi connectivity index (χ1n) is 12.2. The molecule has 0 saturated carbocycles. The number of nitrogens with one attached hydrogen (secondary N) is 1. The molecule has 0 bridgehead atoms. The number of carbonyl (C=O) groups is 2. The van der Waals surface area contributed by atoms with Crippen LogP contribution >= 0.6 is 11.6 Å². The van der Waals surface area contributed by atoms with Crippen LogP contribution in [-0.2, 0) is 32.2 Å². The van der Waals surface area contributed by atoms with Crippen LogP contribution in [0.4, 0.5) is 18.9 Å². The number of anilines is 1. The Hall–Kier alpha value is -2.79. The molecular weight excluding hydrogens is 543 g/mol. The van der Waals surface area contributed by atoms with Crippen LogP contribution in [-0.4, -0.2) is 57.1 Å². The van der Waals surface area contributed by atoms with E-state index in [1.54, 1.807) is 6.92 Å². The van der Waals surface area contributed by atoms with Gasteiger partial charge in [-0.3, -0.25) is 13.9 Å². The molecule has 38 heavy (non-hydrogen) atoms. The van der Waals surface area contributed by atoms with Gasteiger partial charge in [-0.05, 0) is 43.0 Å². The molecule has 7 nitrogen and oxygen atoms in total. The minimum atomic E-state index is -4.75. The van der Waals surface area contributed by atoms with Crippen molar-refractivity contribution in [3.8, 4) is 0 Å². The minimum Gasteiger partial charge on any atom is -0.354 e. The molecule has 0 radical (unpaired) electrons. The monoisotopic (exact) mass is 575 g/mol. The van der Waals surface area contributed by atoms with Crippen LogP contribution in [0.25, 0.3) is 0 Å². The lowest BCUT2D eigenvalue weighted by Crippen LogP contribution is -2.53. The van der Waals surface area contributed by atoms with Crippen molar-refractivity contribution in [2.45, 2.75) is 51.7 Å². The highest BCUT2D eigenvalue weighted by molar-refractivity contribution is 7.92. The lowest BCUT2D eigenvalue weighted by Gasteiger charge is -2.33. The highest BCUT2D eigenvalue weighted by Crippen LogP contribution is 2.36. The maximum Gasteiger partial charge on any atom is 0.416 e. The van der Waals surface area contributed by atoms with E-state index in [1.807, 2.05) is 37.3 Å². The molecule has 0 aliphatic carbocycles. The first kappa shape index (κ1) is 31.4. The number of amides is 2. The molecule has 2 amide bonds. The van der Waals surface area contributed by atoms with Crippen molar-refractivity contribution in [2.24, 2.45) is 0 Å². The molecule has 0 heterocycles. The van der Waals surface area contributed by atoms with E-state index in [4.69, 9.17) is 11.6 Å². The van der Waals surface area contributed by atoms with Gasteiger partial charge in [-0.1, -0.05) is 62.2 Å². The fourth-order valence-electron chi connectivity index (χ4n) is 3.88. The fourth-order valence-corrected chi connectivity index (χ4v) is 5.00. The van der Waals surface area contributed by atoms with Crippen molar-refractivity contribution < 1.29 is 31.2 Å². The van der Waals surface area contributed by atoms with Gasteiger partial charge in [0, 0.05) is 13.1 Å². The van der Waals surface area contributed by atoms with Crippen molar-refractivity contribution in [1.82, 2.24) is 10.2 Å². The molecule has 1 atom stereocenters. The van der Waals surface area contributed by atoms with Gasteiger partial charge in [-0.25, -0.2) is 8.42 Å². The van der Waals surface area contributed by atoms with Crippen molar-refractivity contribution in [2.75, 3.05) is 30.2 Å². The van der Waals surface area contributed by atoms with Gasteiger partial charge in [0.1, 0.15) is 12.6 Å². The molecule has 0 saturated heterocycles. The Kier molecular flexibility index (Phi) is 11.4. The number of hydrogen-bond donors (Lipinski definition) is 1. The summed E-state index contributed by atoms with van der Waals surface area (Å²) < 4.78 is 65.9. The Morgan fingerprint density at radius 1 is 1.08 bits per heavy atom. The first-order valence-corrected chi connectivity index (χ1v) is 14.5. The summed E-state index contributed by atoms with van der Waals surface area (Å²) in [6, 6.07) is 10.6. The summed E-state index contributed by atoms with van der Waals surface area (Å²) in [5, 5.41) is 2.54. The Morgan fingerprint density at radius 2 is 1.74 bits per heavy atom. The zero-order valence-corrected chi connectivity index (χ0v) is 23.2. The predicted molar refractivity (Wildman–Crippen MR) is 142 cm³/mol. The van der Waals surface area contributed by atoms with Crippen molar-refractivity contribution in [3.05, 3.63) is 64.7 Å². The third-order valence-electron chi connectivity index (χ3n) is 5.92. The van der Waals surface area contributed by atoms with Crippen LogP contribution in [0.5, 0.6) is 0 Å². The number of nitrogens with zero attached hydrogens (tertiary/aromatic N) is 2. The van der Waals surface area contributed by atoms with E-state index in [9.17, 15) is 31.2 Å². The average molecular weight is 576 g/mol. The van der Waals surface area contributed by atoms with E-state index in [-0.39, 0.29) is 23.9 Å². The third kappa shape index (κ3) is 8.90. The molecule has 210 valence electrons. The predicted octanol–water partition coefficient (Wildman–Crippen LogP) is 4.89. The van der Waals surface area contributed by atoms with Crippen LogP contribution in [0.15, 0.2) is 48.5 Å². The van der Waals surface area contributed by atoms with Crippen molar-refractivity contribution >= 4 is 39.1 Å². The van der Waals surface area contributed by atoms with Crippen LogP contribution < -0.4 is 9.62 Å². The van der Waals surface area contributed by atoms with Gasteiger partial charge in [0.05, 0.1) is 22.5 Å². The first-order chi connectivity index (χ1) is 17.8. The minimum absolute atomic E-state index is 0.0937. The molecule has 0 unspecified atom stereocenters. The zero-order chi connectivity index (χ0) is 28.5. The average Bonchev–Trinajstić information content (AvgIpc) is 2.84. The van der Waals surface area contributed by atoms with Gasteiger partial charge in [0.15, 0.2) is 0 Å². The largest absolute Gasteiger partial charge is 0.416 e. The summed E-state index contributed by atoms with van der Waals surface area (Å²) in [5.41, 5.74) is -0.686. The zero-order valence-electron chi connectivity index (χ0n) is 21.6. The fraction of sp³-hybridized carbons (Fsp3) is 0.462. The van der Waals surface area contributed by atoms with Gasteiger partial charge in [0.2, 0.25) is 21.8 Å². The lowest BCUT2D eigenvalue weighted by atomic mass is 10.1. The quantitative estimate of drug-likeness (QED) is 0.345. The number of benzene rings is 2. The summed E-state index contributed by atoms with van der Waals surface area (Å²) in [4.78, 5) is 27.9. The molecular formula is C26H33ClF3N3O4S. The Morgan fingerprint density at radius 3 is 2.29 bits per heavy atom. The topological polar surface area (TPSA) is 86.8 Å². The van der Waals surface area contributed by atoms with Crippen molar-refractivity contribution in [1.29, 1.82) is 0 Å². The highest BCUT2D eigenvalue weighted by Gasteiger charge is 2.35. The third-order valence-corrected chi connectivity index (χ3v) is 7.37. The van der Waals surface area contributed by atoms with Crippen LogP contribution in [0.3, 0.4) is 0 Å². The van der Waals surface area contributed by atoms with Gasteiger partial charge in [-0.2, -0.15) is 13.2 Å². The van der Waals surface area contributed by atoms with Gasteiger partial charge < -0.3 is 10.2 Å². The number of alkyl halides is 3. The number of halogens is 4. The van der Waals surface area contributed by atoms with Gasteiger partial charge >= 0.3 is 6.18 Å². The van der Waals surface area contributed by atoms with E-state index in [2.05, 4.69) is 5.32 Å². The number of unbranched alkanes of at least 4 members (excludes halogenated alkanes) is 1. The molecule has 1 N–H and O–H groups in total. The molecule has 2 aromatic rings. The van der Waals surface area contributed by atoms with Crippen LogP contribution in [0.1, 0.15) is 44.2 Å². The highest BCUT2D eigenvalue weighted by atomic mass is 35.5. The van der Waals surface area contributed by atoms with Crippen molar-refractivity contribution in [3.63, 3.8) is 0 Å². The van der Waals surface area contributed by atoms with E-state index in [0.717, 1.165) is 36.8 Å². The molecule has 2 aromatic carbocycles. The maximum atomic E-state index is 13.6. The Balaban J connectivity index is 2.44. The summed E-state index contributed by atoms with van der Waals surface area (Å²) in [7, 11) is -4.24.